The van der Waals surface area contributed by atoms with Crippen LogP contribution in [0.1, 0.15) is 0 Å². The van der Waals surface area contributed by atoms with E-state index in [4.69, 9.17) is 4.74 Å². The van der Waals surface area contributed by atoms with Crippen molar-refractivity contribution in [2.75, 3.05) is 19.0 Å². The van der Waals surface area contributed by atoms with E-state index in [1.165, 1.54) is 10.9 Å². The second-order valence-electron chi connectivity index (χ2n) is 4.87. The van der Waals surface area contributed by atoms with Gasteiger partial charge in [0.15, 0.2) is 0 Å². The lowest BCUT2D eigenvalue weighted by Gasteiger charge is -2.09. The van der Waals surface area contributed by atoms with E-state index >= 15 is 0 Å². The average molecular weight is 345 g/mol. The number of methoxy groups -OCH3 is 1. The fraction of sp³-hybridized carbons (Fsp3) is 0.176. The molecule has 0 bridgehead atoms. The van der Waals surface area contributed by atoms with Crippen LogP contribution in [0.5, 0.6) is 5.75 Å². The third kappa shape index (κ3) is 3.22. The third-order valence-electron chi connectivity index (χ3n) is 3.50. The van der Waals surface area contributed by atoms with Gasteiger partial charge in [-0.05, 0) is 48.5 Å². The van der Waals surface area contributed by atoms with Gasteiger partial charge in [-0.25, -0.2) is 0 Å². The normalized spacial score (nSPS) is 10.8. The molecule has 108 valence electrons. The van der Waals surface area contributed by atoms with Gasteiger partial charge in [-0.2, -0.15) is 0 Å². The number of nitrogens with one attached hydrogen (secondary N) is 1. The summed E-state index contributed by atoms with van der Waals surface area (Å²) in [6.45, 7) is 1.81. The van der Waals surface area contributed by atoms with Gasteiger partial charge in [-0.3, -0.25) is 0 Å². The summed E-state index contributed by atoms with van der Waals surface area (Å²) in [5, 5.41) is 4.64. The molecule has 0 amide bonds. The molecule has 3 rings (SSSR count). The van der Waals surface area contributed by atoms with Crippen LogP contribution in [0, 0.1) is 0 Å². The number of aromatic nitrogens is 1. The molecular formula is C17H17BrN2O. The molecule has 1 aromatic heterocycles. The molecule has 0 aliphatic carbocycles. The van der Waals surface area contributed by atoms with Gasteiger partial charge in [-0.1, -0.05) is 15.9 Å². The quantitative estimate of drug-likeness (QED) is 0.736. The van der Waals surface area contributed by atoms with Gasteiger partial charge in [0.1, 0.15) is 5.75 Å². The van der Waals surface area contributed by atoms with Crippen LogP contribution in [0.25, 0.3) is 10.9 Å². The molecule has 0 aliphatic rings. The Hall–Kier alpha value is -1.94. The van der Waals surface area contributed by atoms with Crippen LogP contribution in [0.3, 0.4) is 0 Å². The number of fused-ring (bicyclic) bond motifs is 1. The largest absolute Gasteiger partial charge is 0.497 e. The average Bonchev–Trinajstić information content (AvgIpc) is 2.91. The molecule has 1 N–H and O–H groups in total. The van der Waals surface area contributed by atoms with E-state index in [9.17, 15) is 0 Å². The zero-order valence-corrected chi connectivity index (χ0v) is 13.4. The summed E-state index contributed by atoms with van der Waals surface area (Å²) in [5.41, 5.74) is 2.37. The van der Waals surface area contributed by atoms with E-state index in [2.05, 4.69) is 62.3 Å². The van der Waals surface area contributed by atoms with E-state index in [0.29, 0.717) is 0 Å². The monoisotopic (exact) mass is 344 g/mol. The van der Waals surface area contributed by atoms with Gasteiger partial charge in [0.05, 0.1) is 7.11 Å². The third-order valence-corrected chi connectivity index (χ3v) is 4.03. The SMILES string of the molecule is COc1ccc2c(ccn2CCNc2ccc(Br)cc2)c1. The summed E-state index contributed by atoms with van der Waals surface area (Å²) in [7, 11) is 1.69. The van der Waals surface area contributed by atoms with E-state index in [-0.39, 0.29) is 0 Å². The summed E-state index contributed by atoms with van der Waals surface area (Å²) >= 11 is 3.44. The second-order valence-corrected chi connectivity index (χ2v) is 5.78. The van der Waals surface area contributed by atoms with Crippen molar-refractivity contribution in [2.24, 2.45) is 0 Å². The zero-order valence-electron chi connectivity index (χ0n) is 11.8. The standard InChI is InChI=1S/C17H17BrN2O/c1-21-16-6-7-17-13(12-16)8-10-20(17)11-9-19-15-4-2-14(18)3-5-15/h2-8,10,12,19H,9,11H2,1H3. The van der Waals surface area contributed by atoms with E-state index in [0.717, 1.165) is 29.0 Å². The fourth-order valence-corrected chi connectivity index (χ4v) is 2.65. The summed E-state index contributed by atoms with van der Waals surface area (Å²) in [4.78, 5) is 0. The Kier molecular flexibility index (Phi) is 4.15. The van der Waals surface area contributed by atoms with Crippen LogP contribution in [-0.4, -0.2) is 18.2 Å². The zero-order chi connectivity index (χ0) is 14.7. The van der Waals surface area contributed by atoms with Gasteiger partial charge < -0.3 is 14.6 Å². The number of benzene rings is 2. The van der Waals surface area contributed by atoms with Gasteiger partial charge in [0.25, 0.3) is 0 Å². The molecule has 3 nitrogen and oxygen atoms in total. The minimum atomic E-state index is 0.886. The Morgan fingerprint density at radius 2 is 1.90 bits per heavy atom. The second kappa shape index (κ2) is 6.22. The first-order valence-electron chi connectivity index (χ1n) is 6.88. The van der Waals surface area contributed by atoms with Crippen LogP contribution in [0.4, 0.5) is 5.69 Å². The molecule has 0 saturated heterocycles. The smallest absolute Gasteiger partial charge is 0.119 e. The van der Waals surface area contributed by atoms with Crippen molar-refractivity contribution < 1.29 is 4.74 Å². The maximum absolute atomic E-state index is 5.25. The number of nitrogens with zero attached hydrogens (tertiary/aromatic N) is 1. The van der Waals surface area contributed by atoms with Crippen LogP contribution in [0.15, 0.2) is 59.2 Å². The lowest BCUT2D eigenvalue weighted by Crippen LogP contribution is -2.09. The lowest BCUT2D eigenvalue weighted by molar-refractivity contribution is 0.415. The Morgan fingerprint density at radius 3 is 2.67 bits per heavy atom. The highest BCUT2D eigenvalue weighted by atomic mass is 79.9. The molecule has 4 heteroatoms. The molecule has 0 atom stereocenters. The predicted molar refractivity (Wildman–Crippen MR) is 91.1 cm³/mol. The van der Waals surface area contributed by atoms with Crippen molar-refractivity contribution in [3.05, 3.63) is 59.2 Å². The number of ether oxygens (including phenoxy) is 1. The van der Waals surface area contributed by atoms with Crippen LogP contribution >= 0.6 is 15.9 Å². The van der Waals surface area contributed by atoms with Gasteiger partial charge >= 0.3 is 0 Å². The lowest BCUT2D eigenvalue weighted by atomic mass is 10.2. The molecule has 1 heterocycles. The van der Waals surface area contributed by atoms with Crippen LogP contribution in [-0.2, 0) is 6.54 Å². The van der Waals surface area contributed by atoms with E-state index in [1.54, 1.807) is 7.11 Å². The van der Waals surface area contributed by atoms with Crippen molar-refractivity contribution >= 4 is 32.5 Å². The minimum absolute atomic E-state index is 0.886. The highest BCUT2D eigenvalue weighted by molar-refractivity contribution is 9.10. The van der Waals surface area contributed by atoms with E-state index in [1.807, 2.05) is 18.2 Å². The Bertz CT molecular complexity index is 734. The van der Waals surface area contributed by atoms with Crippen molar-refractivity contribution in [3.63, 3.8) is 0 Å². The molecule has 0 saturated carbocycles. The van der Waals surface area contributed by atoms with E-state index < -0.39 is 0 Å². The summed E-state index contributed by atoms with van der Waals surface area (Å²) in [5.74, 6) is 0.897. The summed E-state index contributed by atoms with van der Waals surface area (Å²) in [6.07, 6.45) is 2.12. The fourth-order valence-electron chi connectivity index (χ4n) is 2.39. The van der Waals surface area contributed by atoms with Gasteiger partial charge in [0, 0.05) is 40.3 Å². The highest BCUT2D eigenvalue weighted by Gasteiger charge is 2.02. The Labute approximate surface area is 132 Å². The summed E-state index contributed by atoms with van der Waals surface area (Å²) < 4.78 is 8.60. The first-order valence-corrected chi connectivity index (χ1v) is 7.68. The van der Waals surface area contributed by atoms with Crippen LogP contribution < -0.4 is 10.1 Å². The molecule has 0 unspecified atom stereocenters. The topological polar surface area (TPSA) is 26.2 Å². The first-order chi connectivity index (χ1) is 10.3. The number of anilines is 1. The summed E-state index contributed by atoms with van der Waals surface area (Å²) in [6, 6.07) is 16.5. The molecule has 0 radical (unpaired) electrons. The molecule has 21 heavy (non-hydrogen) atoms. The molecule has 2 aromatic carbocycles. The van der Waals surface area contributed by atoms with Crippen LogP contribution in [0.2, 0.25) is 0 Å². The van der Waals surface area contributed by atoms with Crippen molar-refractivity contribution in [3.8, 4) is 5.75 Å². The van der Waals surface area contributed by atoms with Gasteiger partial charge in [-0.15, -0.1) is 0 Å². The molecule has 3 aromatic rings. The number of hydrogen-bond donors (Lipinski definition) is 1. The van der Waals surface area contributed by atoms with Crippen molar-refractivity contribution in [1.82, 2.24) is 4.57 Å². The Morgan fingerprint density at radius 1 is 1.10 bits per heavy atom. The molecule has 0 spiro atoms. The van der Waals surface area contributed by atoms with Crippen molar-refractivity contribution in [1.29, 1.82) is 0 Å². The maximum atomic E-state index is 5.25. The first kappa shape index (κ1) is 14.0. The maximum Gasteiger partial charge on any atom is 0.119 e. The van der Waals surface area contributed by atoms with Crippen molar-refractivity contribution in [2.45, 2.75) is 6.54 Å². The predicted octanol–water partition coefficient (Wildman–Crippen LogP) is 4.52. The van der Waals surface area contributed by atoms with Gasteiger partial charge in [0.2, 0.25) is 0 Å². The number of rotatable bonds is 5. The Balaban J connectivity index is 1.66. The number of hydrogen-bond acceptors (Lipinski definition) is 2. The minimum Gasteiger partial charge on any atom is -0.497 e. The molecule has 0 fully saturated rings. The molecule has 0 aliphatic heterocycles. The molecular weight excluding hydrogens is 328 g/mol. The number of halogens is 1. The highest BCUT2D eigenvalue weighted by Crippen LogP contribution is 2.21.